The smallest absolute Gasteiger partial charge is 0.144 e. The maximum atomic E-state index is 9.01. The first-order chi connectivity index (χ1) is 7.59. The maximum absolute atomic E-state index is 9.01. The first kappa shape index (κ1) is 13.5. The second-order valence-electron chi connectivity index (χ2n) is 3.46. The molecule has 0 saturated carbocycles. The number of hydrogen-bond donors (Lipinski definition) is 3. The lowest BCUT2D eigenvalue weighted by atomic mass is 10.4. The Kier molecular flexibility index (Phi) is 5.84. The molecule has 0 amide bonds. The SMILES string of the molecule is CC(O)CNCCNc1ncc(Cl)cc1Cl. The van der Waals surface area contributed by atoms with Crippen molar-refractivity contribution < 1.29 is 5.11 Å². The summed E-state index contributed by atoms with van der Waals surface area (Å²) in [6, 6.07) is 1.64. The van der Waals surface area contributed by atoms with E-state index in [0.717, 1.165) is 6.54 Å². The van der Waals surface area contributed by atoms with E-state index < -0.39 is 0 Å². The van der Waals surface area contributed by atoms with Gasteiger partial charge >= 0.3 is 0 Å². The average Bonchev–Trinajstić information content (AvgIpc) is 2.20. The zero-order valence-corrected chi connectivity index (χ0v) is 10.5. The molecule has 0 spiro atoms. The molecule has 16 heavy (non-hydrogen) atoms. The third-order valence-corrected chi connectivity index (χ3v) is 2.34. The summed E-state index contributed by atoms with van der Waals surface area (Å²) in [5, 5.41) is 16.2. The van der Waals surface area contributed by atoms with Crippen molar-refractivity contribution in [2.75, 3.05) is 25.0 Å². The Bertz CT molecular complexity index is 334. The van der Waals surface area contributed by atoms with Gasteiger partial charge in [-0.25, -0.2) is 4.98 Å². The normalized spacial score (nSPS) is 12.5. The van der Waals surface area contributed by atoms with Crippen molar-refractivity contribution in [2.45, 2.75) is 13.0 Å². The van der Waals surface area contributed by atoms with Crippen molar-refractivity contribution in [3.8, 4) is 0 Å². The number of nitrogens with zero attached hydrogens (tertiary/aromatic N) is 1. The van der Waals surface area contributed by atoms with Crippen LogP contribution in [0, 0.1) is 0 Å². The number of pyridine rings is 1. The van der Waals surface area contributed by atoms with Crippen LogP contribution in [0.25, 0.3) is 0 Å². The van der Waals surface area contributed by atoms with Gasteiger partial charge in [0, 0.05) is 25.8 Å². The fourth-order valence-electron chi connectivity index (χ4n) is 1.12. The molecule has 1 unspecified atom stereocenters. The summed E-state index contributed by atoms with van der Waals surface area (Å²) in [6.07, 6.45) is 1.20. The minimum atomic E-state index is -0.336. The molecule has 0 bridgehead atoms. The molecule has 3 N–H and O–H groups in total. The van der Waals surface area contributed by atoms with Crippen LogP contribution >= 0.6 is 23.2 Å². The van der Waals surface area contributed by atoms with Gasteiger partial charge in [0.1, 0.15) is 5.82 Å². The molecular formula is C10H15Cl2N3O. The lowest BCUT2D eigenvalue weighted by molar-refractivity contribution is 0.192. The van der Waals surface area contributed by atoms with Gasteiger partial charge in [-0.3, -0.25) is 0 Å². The molecule has 0 aliphatic rings. The number of aromatic nitrogens is 1. The van der Waals surface area contributed by atoms with E-state index in [1.165, 1.54) is 0 Å². The predicted molar refractivity (Wildman–Crippen MR) is 67.3 cm³/mol. The zero-order chi connectivity index (χ0) is 12.0. The van der Waals surface area contributed by atoms with Gasteiger partial charge < -0.3 is 15.7 Å². The Morgan fingerprint density at radius 1 is 1.44 bits per heavy atom. The molecule has 90 valence electrons. The van der Waals surface area contributed by atoms with E-state index in [1.807, 2.05) is 0 Å². The van der Waals surface area contributed by atoms with Gasteiger partial charge in [-0.15, -0.1) is 0 Å². The first-order valence-corrected chi connectivity index (χ1v) is 5.79. The molecular weight excluding hydrogens is 249 g/mol. The molecule has 1 rings (SSSR count). The first-order valence-electron chi connectivity index (χ1n) is 5.03. The van der Waals surface area contributed by atoms with E-state index in [1.54, 1.807) is 19.2 Å². The van der Waals surface area contributed by atoms with Gasteiger partial charge in [0.15, 0.2) is 0 Å². The molecule has 1 aromatic rings. The number of nitrogens with one attached hydrogen (secondary N) is 2. The number of aliphatic hydroxyl groups is 1. The molecule has 0 fully saturated rings. The van der Waals surface area contributed by atoms with Crippen LogP contribution in [0.4, 0.5) is 5.82 Å². The second-order valence-corrected chi connectivity index (χ2v) is 4.31. The van der Waals surface area contributed by atoms with Crippen LogP contribution in [0.1, 0.15) is 6.92 Å². The summed E-state index contributed by atoms with van der Waals surface area (Å²) in [4.78, 5) is 4.06. The molecule has 1 atom stereocenters. The number of hydrogen-bond acceptors (Lipinski definition) is 4. The molecule has 0 aliphatic carbocycles. The van der Waals surface area contributed by atoms with E-state index in [4.69, 9.17) is 28.3 Å². The third kappa shape index (κ3) is 4.99. The highest BCUT2D eigenvalue weighted by atomic mass is 35.5. The fourth-order valence-corrected chi connectivity index (χ4v) is 1.57. The Morgan fingerprint density at radius 3 is 2.81 bits per heavy atom. The molecule has 6 heteroatoms. The van der Waals surface area contributed by atoms with E-state index in [9.17, 15) is 0 Å². The molecule has 0 aromatic carbocycles. The van der Waals surface area contributed by atoms with Crippen LogP contribution in [0.2, 0.25) is 10.0 Å². The highest BCUT2D eigenvalue weighted by Crippen LogP contribution is 2.21. The van der Waals surface area contributed by atoms with Gasteiger partial charge in [-0.1, -0.05) is 23.2 Å². The topological polar surface area (TPSA) is 57.2 Å². The molecule has 0 saturated heterocycles. The van der Waals surface area contributed by atoms with Crippen LogP contribution < -0.4 is 10.6 Å². The monoisotopic (exact) mass is 263 g/mol. The van der Waals surface area contributed by atoms with Gasteiger partial charge in [-0.2, -0.15) is 0 Å². The Labute approximate surface area is 105 Å². The standard InChI is InChI=1S/C10H15Cl2N3O/c1-7(16)5-13-2-3-14-10-9(12)4-8(11)6-15-10/h4,6-7,13,16H,2-3,5H2,1H3,(H,14,15). The second kappa shape index (κ2) is 6.91. The van der Waals surface area contributed by atoms with Gasteiger partial charge in [0.2, 0.25) is 0 Å². The summed E-state index contributed by atoms with van der Waals surface area (Å²) in [7, 11) is 0. The lowest BCUT2D eigenvalue weighted by Gasteiger charge is -2.09. The third-order valence-electron chi connectivity index (χ3n) is 1.84. The summed E-state index contributed by atoms with van der Waals surface area (Å²) >= 11 is 11.6. The number of halogens is 2. The van der Waals surface area contributed by atoms with Crippen molar-refractivity contribution in [3.63, 3.8) is 0 Å². The molecule has 1 aromatic heterocycles. The highest BCUT2D eigenvalue weighted by molar-refractivity contribution is 6.35. The summed E-state index contributed by atoms with van der Waals surface area (Å²) in [6.45, 7) is 3.72. The van der Waals surface area contributed by atoms with Crippen LogP contribution in [0.3, 0.4) is 0 Å². The predicted octanol–water partition coefficient (Wildman–Crippen LogP) is 1.77. The van der Waals surface area contributed by atoms with Gasteiger partial charge in [0.25, 0.3) is 0 Å². The van der Waals surface area contributed by atoms with Crippen LogP contribution in [-0.2, 0) is 0 Å². The van der Waals surface area contributed by atoms with E-state index >= 15 is 0 Å². The van der Waals surface area contributed by atoms with Crippen molar-refractivity contribution in [1.29, 1.82) is 0 Å². The van der Waals surface area contributed by atoms with Crippen LogP contribution in [0.15, 0.2) is 12.3 Å². The van der Waals surface area contributed by atoms with E-state index in [0.29, 0.717) is 29.0 Å². The van der Waals surface area contributed by atoms with Crippen molar-refractivity contribution in [1.82, 2.24) is 10.3 Å². The minimum absolute atomic E-state index is 0.336. The van der Waals surface area contributed by atoms with Crippen molar-refractivity contribution in [3.05, 3.63) is 22.3 Å². The average molecular weight is 264 g/mol. The van der Waals surface area contributed by atoms with E-state index in [2.05, 4.69) is 15.6 Å². The van der Waals surface area contributed by atoms with Crippen molar-refractivity contribution in [2.24, 2.45) is 0 Å². The zero-order valence-electron chi connectivity index (χ0n) is 9.00. The molecule has 4 nitrogen and oxygen atoms in total. The molecule has 0 radical (unpaired) electrons. The minimum Gasteiger partial charge on any atom is -0.392 e. The maximum Gasteiger partial charge on any atom is 0.144 e. The fraction of sp³-hybridized carbons (Fsp3) is 0.500. The van der Waals surface area contributed by atoms with Gasteiger partial charge in [-0.05, 0) is 13.0 Å². The Morgan fingerprint density at radius 2 is 2.19 bits per heavy atom. The molecule has 1 heterocycles. The Balaban J connectivity index is 2.27. The highest BCUT2D eigenvalue weighted by Gasteiger charge is 2.01. The largest absolute Gasteiger partial charge is 0.392 e. The van der Waals surface area contributed by atoms with Crippen LogP contribution in [0.5, 0.6) is 0 Å². The van der Waals surface area contributed by atoms with Crippen molar-refractivity contribution >= 4 is 29.0 Å². The quantitative estimate of drug-likeness (QED) is 0.685. The lowest BCUT2D eigenvalue weighted by Crippen LogP contribution is -2.29. The summed E-state index contributed by atoms with van der Waals surface area (Å²) < 4.78 is 0. The van der Waals surface area contributed by atoms with E-state index in [-0.39, 0.29) is 6.10 Å². The number of rotatable bonds is 6. The number of aliphatic hydroxyl groups excluding tert-OH is 1. The van der Waals surface area contributed by atoms with Crippen LogP contribution in [-0.4, -0.2) is 35.8 Å². The van der Waals surface area contributed by atoms with Gasteiger partial charge in [0.05, 0.1) is 16.1 Å². The Hall–Kier alpha value is -0.550. The summed E-state index contributed by atoms with van der Waals surface area (Å²) in [5.74, 6) is 0.616. The summed E-state index contributed by atoms with van der Waals surface area (Å²) in [5.41, 5.74) is 0. The number of anilines is 1. The molecule has 0 aliphatic heterocycles.